The Hall–Kier alpha value is -0.320. The second-order valence-electron chi connectivity index (χ2n) is 5.17. The topological polar surface area (TPSA) is 26.3 Å². The Bertz CT molecular complexity index is 232. The summed E-state index contributed by atoms with van der Waals surface area (Å²) in [6.45, 7) is 6.39. The zero-order valence-electron chi connectivity index (χ0n) is 11.0. The number of thioether (sulfide) groups is 1. The average Bonchev–Trinajstić information content (AvgIpc) is 2.06. The van der Waals surface area contributed by atoms with Crippen molar-refractivity contribution in [1.82, 2.24) is 0 Å². The van der Waals surface area contributed by atoms with Crippen molar-refractivity contribution in [1.29, 1.82) is 0 Å². The summed E-state index contributed by atoms with van der Waals surface area (Å²) in [5.74, 6) is -1.81. The van der Waals surface area contributed by atoms with Gasteiger partial charge >= 0.3 is 5.97 Å². The molecular weight excluding hydrogens is 246 g/mol. The standard InChI is InChI=1S/C12H22F2O2S/c1-11(2,3)16-10(15)9-17-8-6-5-7-12(4,13)14/h5-9H2,1-4H3. The van der Waals surface area contributed by atoms with Crippen molar-refractivity contribution in [2.45, 2.75) is 58.5 Å². The molecule has 0 amide bonds. The summed E-state index contributed by atoms with van der Waals surface area (Å²) >= 11 is 1.43. The summed E-state index contributed by atoms with van der Waals surface area (Å²) in [5.41, 5.74) is -0.456. The van der Waals surface area contributed by atoms with E-state index in [1.165, 1.54) is 11.8 Å². The maximum absolute atomic E-state index is 12.5. The van der Waals surface area contributed by atoms with Crippen LogP contribution in [0, 0.1) is 0 Å². The van der Waals surface area contributed by atoms with Gasteiger partial charge in [0.1, 0.15) is 5.60 Å². The van der Waals surface area contributed by atoms with E-state index < -0.39 is 11.5 Å². The fraction of sp³-hybridized carbons (Fsp3) is 0.917. The Balaban J connectivity index is 3.44. The van der Waals surface area contributed by atoms with Crippen LogP contribution in [-0.4, -0.2) is 29.0 Å². The lowest BCUT2D eigenvalue weighted by Gasteiger charge is -2.19. The molecule has 0 fully saturated rings. The van der Waals surface area contributed by atoms with Crippen LogP contribution in [0.25, 0.3) is 0 Å². The number of halogens is 2. The molecule has 0 saturated carbocycles. The number of carbonyl (C=O) groups is 1. The van der Waals surface area contributed by atoms with Crippen LogP contribution in [0.5, 0.6) is 0 Å². The molecule has 0 atom stereocenters. The van der Waals surface area contributed by atoms with E-state index in [-0.39, 0.29) is 12.4 Å². The summed E-state index contributed by atoms with van der Waals surface area (Å²) in [7, 11) is 0. The van der Waals surface area contributed by atoms with Crippen molar-refractivity contribution in [3.63, 3.8) is 0 Å². The van der Waals surface area contributed by atoms with E-state index >= 15 is 0 Å². The number of hydrogen-bond acceptors (Lipinski definition) is 3. The lowest BCUT2D eigenvalue weighted by atomic mass is 10.2. The maximum Gasteiger partial charge on any atom is 0.316 e. The second kappa shape index (κ2) is 7.19. The number of hydrogen-bond donors (Lipinski definition) is 0. The molecule has 5 heteroatoms. The molecule has 0 bridgehead atoms. The largest absolute Gasteiger partial charge is 0.459 e. The van der Waals surface area contributed by atoms with Crippen molar-refractivity contribution in [3.8, 4) is 0 Å². The molecule has 0 radical (unpaired) electrons. The summed E-state index contributed by atoms with van der Waals surface area (Å²) in [6, 6.07) is 0. The van der Waals surface area contributed by atoms with Crippen molar-refractivity contribution in [2.75, 3.05) is 11.5 Å². The molecule has 0 aromatic heterocycles. The summed E-state index contributed by atoms with van der Waals surface area (Å²) in [4.78, 5) is 11.3. The smallest absolute Gasteiger partial charge is 0.316 e. The highest BCUT2D eigenvalue weighted by Crippen LogP contribution is 2.20. The molecule has 0 aliphatic carbocycles. The fourth-order valence-corrected chi connectivity index (χ4v) is 1.94. The number of carbonyl (C=O) groups excluding carboxylic acids is 1. The average molecular weight is 268 g/mol. The summed E-state index contributed by atoms with van der Waals surface area (Å²) in [5, 5.41) is 0. The van der Waals surface area contributed by atoms with Gasteiger partial charge in [0.15, 0.2) is 0 Å². The number of unbranched alkanes of at least 4 members (excludes halogenated alkanes) is 1. The first-order valence-electron chi connectivity index (χ1n) is 5.77. The van der Waals surface area contributed by atoms with Crippen LogP contribution < -0.4 is 0 Å². The van der Waals surface area contributed by atoms with Crippen molar-refractivity contribution in [3.05, 3.63) is 0 Å². The van der Waals surface area contributed by atoms with Crippen LogP contribution in [0.2, 0.25) is 0 Å². The van der Waals surface area contributed by atoms with Gasteiger partial charge in [0, 0.05) is 6.42 Å². The minimum atomic E-state index is -2.57. The predicted molar refractivity (Wildman–Crippen MR) is 67.6 cm³/mol. The zero-order valence-corrected chi connectivity index (χ0v) is 11.8. The van der Waals surface area contributed by atoms with E-state index in [0.29, 0.717) is 18.6 Å². The van der Waals surface area contributed by atoms with Gasteiger partial charge in [-0.3, -0.25) is 4.79 Å². The number of esters is 1. The van der Waals surface area contributed by atoms with Gasteiger partial charge in [-0.25, -0.2) is 8.78 Å². The number of alkyl halides is 2. The van der Waals surface area contributed by atoms with Gasteiger partial charge in [-0.1, -0.05) is 0 Å². The monoisotopic (exact) mass is 268 g/mol. The van der Waals surface area contributed by atoms with Gasteiger partial charge in [-0.05, 0) is 46.3 Å². The summed E-state index contributed by atoms with van der Waals surface area (Å²) in [6.07, 6.45) is 1.11. The first kappa shape index (κ1) is 16.7. The van der Waals surface area contributed by atoms with Gasteiger partial charge in [-0.2, -0.15) is 11.8 Å². The minimum Gasteiger partial charge on any atom is -0.459 e. The molecule has 0 rings (SSSR count). The molecule has 2 nitrogen and oxygen atoms in total. The molecule has 0 N–H and O–H groups in total. The lowest BCUT2D eigenvalue weighted by molar-refractivity contribution is -0.151. The van der Waals surface area contributed by atoms with Crippen LogP contribution >= 0.6 is 11.8 Å². The molecule has 0 aliphatic rings. The van der Waals surface area contributed by atoms with E-state index in [2.05, 4.69) is 0 Å². The van der Waals surface area contributed by atoms with Crippen LogP contribution in [0.15, 0.2) is 0 Å². The van der Waals surface area contributed by atoms with Crippen molar-refractivity contribution >= 4 is 17.7 Å². The van der Waals surface area contributed by atoms with E-state index in [4.69, 9.17) is 4.74 Å². The maximum atomic E-state index is 12.5. The third-order valence-corrected chi connectivity index (χ3v) is 2.81. The first-order chi connectivity index (χ1) is 7.60. The molecule has 0 heterocycles. The molecule has 0 aromatic carbocycles. The highest BCUT2D eigenvalue weighted by Gasteiger charge is 2.19. The lowest BCUT2D eigenvalue weighted by Crippen LogP contribution is -2.25. The highest BCUT2D eigenvalue weighted by molar-refractivity contribution is 7.99. The van der Waals surface area contributed by atoms with E-state index in [1.807, 2.05) is 20.8 Å². The van der Waals surface area contributed by atoms with Crippen molar-refractivity contribution in [2.24, 2.45) is 0 Å². The SMILES string of the molecule is CC(F)(F)CCCCSCC(=O)OC(C)(C)C. The Morgan fingerprint density at radius 1 is 1.18 bits per heavy atom. The Kier molecular flexibility index (Phi) is 7.05. The van der Waals surface area contributed by atoms with Gasteiger partial charge in [0.2, 0.25) is 5.92 Å². The Labute approximate surface area is 106 Å². The molecule has 0 unspecified atom stereocenters. The molecular formula is C12H22F2O2S. The van der Waals surface area contributed by atoms with E-state index in [9.17, 15) is 13.6 Å². The van der Waals surface area contributed by atoms with Crippen LogP contribution in [0.4, 0.5) is 8.78 Å². The van der Waals surface area contributed by atoms with Crippen molar-refractivity contribution < 1.29 is 18.3 Å². The van der Waals surface area contributed by atoms with Crippen LogP contribution in [-0.2, 0) is 9.53 Å². The van der Waals surface area contributed by atoms with Gasteiger partial charge in [-0.15, -0.1) is 0 Å². The summed E-state index contributed by atoms with van der Waals surface area (Å²) < 4.78 is 30.0. The molecule has 0 aliphatic heterocycles. The molecule has 0 saturated heterocycles. The highest BCUT2D eigenvalue weighted by atomic mass is 32.2. The fourth-order valence-electron chi connectivity index (χ4n) is 1.17. The molecule has 102 valence electrons. The Morgan fingerprint density at radius 3 is 2.24 bits per heavy atom. The van der Waals surface area contributed by atoms with E-state index in [1.54, 1.807) is 0 Å². The quantitative estimate of drug-likeness (QED) is 0.517. The third-order valence-electron chi connectivity index (χ3n) is 1.79. The minimum absolute atomic E-state index is 0.0833. The van der Waals surface area contributed by atoms with Gasteiger partial charge < -0.3 is 4.74 Å². The van der Waals surface area contributed by atoms with Crippen LogP contribution in [0.1, 0.15) is 47.0 Å². The molecule has 17 heavy (non-hydrogen) atoms. The predicted octanol–water partition coefficient (Wildman–Crippen LogP) is 3.89. The van der Waals surface area contributed by atoms with Crippen LogP contribution in [0.3, 0.4) is 0 Å². The third kappa shape index (κ3) is 13.6. The van der Waals surface area contributed by atoms with Gasteiger partial charge in [0.05, 0.1) is 5.75 Å². The van der Waals surface area contributed by atoms with E-state index in [0.717, 1.165) is 12.7 Å². The number of ether oxygens (including phenoxy) is 1. The molecule has 0 spiro atoms. The first-order valence-corrected chi connectivity index (χ1v) is 6.93. The molecule has 0 aromatic rings. The Morgan fingerprint density at radius 2 is 1.76 bits per heavy atom. The number of rotatable bonds is 7. The second-order valence-corrected chi connectivity index (χ2v) is 6.27. The van der Waals surface area contributed by atoms with Gasteiger partial charge in [0.25, 0.3) is 0 Å². The zero-order chi connectivity index (χ0) is 13.5. The normalized spacial score (nSPS) is 12.6.